The van der Waals surface area contributed by atoms with Crippen molar-refractivity contribution in [1.29, 1.82) is 0 Å². The van der Waals surface area contributed by atoms with Crippen LogP contribution >= 0.6 is 11.6 Å². The van der Waals surface area contributed by atoms with Crippen molar-refractivity contribution in [2.24, 2.45) is 0 Å². The molecule has 3 aromatic rings. The smallest absolute Gasteiger partial charge is 0.336 e. The standard InChI is InChI=1S/C21H21ClN2O5S/c1-4-24(5-2)30(27,28)14-7-8-18-15(11-14)16(21(25)26)12-19(23-18)13-6-9-20(29-3)17(22)10-13/h6-12H,4-5H2,1-3H3,(H,25,26). The Balaban J connectivity index is 2.21. The molecule has 2 aromatic carbocycles. The number of carbonyl (C=O) groups is 1. The molecule has 1 aromatic heterocycles. The van der Waals surface area contributed by atoms with Gasteiger partial charge in [-0.05, 0) is 42.5 Å². The highest BCUT2D eigenvalue weighted by atomic mass is 35.5. The van der Waals surface area contributed by atoms with E-state index in [4.69, 9.17) is 16.3 Å². The summed E-state index contributed by atoms with van der Waals surface area (Å²) < 4.78 is 32.1. The summed E-state index contributed by atoms with van der Waals surface area (Å²) in [4.78, 5) is 16.5. The maximum Gasteiger partial charge on any atom is 0.336 e. The van der Waals surface area contributed by atoms with Crippen molar-refractivity contribution in [1.82, 2.24) is 9.29 Å². The zero-order valence-corrected chi connectivity index (χ0v) is 18.3. The van der Waals surface area contributed by atoms with Gasteiger partial charge in [0.2, 0.25) is 10.0 Å². The molecule has 0 aliphatic carbocycles. The average Bonchev–Trinajstić information content (AvgIpc) is 2.73. The molecule has 0 aliphatic rings. The van der Waals surface area contributed by atoms with Gasteiger partial charge in [-0.1, -0.05) is 25.4 Å². The molecule has 0 saturated carbocycles. The minimum atomic E-state index is -3.73. The van der Waals surface area contributed by atoms with Gasteiger partial charge >= 0.3 is 5.97 Å². The van der Waals surface area contributed by atoms with E-state index < -0.39 is 16.0 Å². The van der Waals surface area contributed by atoms with Gasteiger partial charge < -0.3 is 9.84 Å². The van der Waals surface area contributed by atoms with Crippen LogP contribution in [0.25, 0.3) is 22.2 Å². The number of nitrogens with zero attached hydrogens (tertiary/aromatic N) is 2. The summed E-state index contributed by atoms with van der Waals surface area (Å²) in [7, 11) is -2.23. The van der Waals surface area contributed by atoms with Crippen molar-refractivity contribution in [3.05, 3.63) is 53.1 Å². The minimum Gasteiger partial charge on any atom is -0.495 e. The van der Waals surface area contributed by atoms with Crippen LogP contribution in [0.1, 0.15) is 24.2 Å². The summed E-state index contributed by atoms with van der Waals surface area (Å²) >= 11 is 6.19. The lowest BCUT2D eigenvalue weighted by Gasteiger charge is -2.19. The van der Waals surface area contributed by atoms with Crippen molar-refractivity contribution in [2.45, 2.75) is 18.7 Å². The molecule has 0 spiro atoms. The van der Waals surface area contributed by atoms with E-state index in [1.807, 2.05) is 0 Å². The lowest BCUT2D eigenvalue weighted by atomic mass is 10.0. The minimum absolute atomic E-state index is 0.0308. The number of carboxylic acid groups (broad SMARTS) is 1. The van der Waals surface area contributed by atoms with Gasteiger partial charge in [-0.15, -0.1) is 0 Å². The Kier molecular flexibility index (Phi) is 6.30. The second-order valence-electron chi connectivity index (χ2n) is 6.48. The first-order valence-corrected chi connectivity index (χ1v) is 11.1. The number of aromatic carboxylic acids is 1. The van der Waals surface area contributed by atoms with E-state index in [2.05, 4.69) is 4.98 Å². The topological polar surface area (TPSA) is 96.8 Å². The Morgan fingerprint density at radius 3 is 2.40 bits per heavy atom. The molecule has 9 heteroatoms. The number of fused-ring (bicyclic) bond motifs is 1. The third kappa shape index (κ3) is 3.98. The maximum atomic E-state index is 12.8. The number of pyridine rings is 1. The lowest BCUT2D eigenvalue weighted by molar-refractivity contribution is 0.0699. The van der Waals surface area contributed by atoms with Gasteiger partial charge in [0, 0.05) is 24.0 Å². The van der Waals surface area contributed by atoms with Gasteiger partial charge in [-0.25, -0.2) is 18.2 Å². The number of aromatic nitrogens is 1. The van der Waals surface area contributed by atoms with Crippen molar-refractivity contribution < 1.29 is 23.1 Å². The zero-order chi connectivity index (χ0) is 22.1. The van der Waals surface area contributed by atoms with E-state index in [0.717, 1.165) is 0 Å². The fraction of sp³-hybridized carbons (Fsp3) is 0.238. The van der Waals surface area contributed by atoms with Crippen LogP contribution < -0.4 is 4.74 Å². The van der Waals surface area contributed by atoms with Crippen LogP contribution in [0.3, 0.4) is 0 Å². The van der Waals surface area contributed by atoms with Gasteiger partial charge in [-0.3, -0.25) is 0 Å². The number of hydrogen-bond donors (Lipinski definition) is 1. The fourth-order valence-corrected chi connectivity index (χ4v) is 4.97. The van der Waals surface area contributed by atoms with E-state index in [-0.39, 0.29) is 15.8 Å². The number of halogens is 1. The lowest BCUT2D eigenvalue weighted by Crippen LogP contribution is -2.30. The second-order valence-corrected chi connectivity index (χ2v) is 8.82. The van der Waals surface area contributed by atoms with E-state index in [1.165, 1.54) is 35.7 Å². The molecular formula is C21H21ClN2O5S. The molecule has 0 aliphatic heterocycles. The predicted molar refractivity (Wildman–Crippen MR) is 116 cm³/mol. The molecule has 0 atom stereocenters. The van der Waals surface area contributed by atoms with Gasteiger partial charge in [-0.2, -0.15) is 4.31 Å². The van der Waals surface area contributed by atoms with Crippen LogP contribution in [0.4, 0.5) is 0 Å². The molecule has 0 bridgehead atoms. The van der Waals surface area contributed by atoms with Crippen LogP contribution in [-0.4, -0.2) is 49.0 Å². The van der Waals surface area contributed by atoms with E-state index >= 15 is 0 Å². The molecule has 1 N–H and O–H groups in total. The molecule has 0 fully saturated rings. The normalized spacial score (nSPS) is 11.8. The van der Waals surface area contributed by atoms with E-state index in [0.29, 0.717) is 40.6 Å². The summed E-state index contributed by atoms with van der Waals surface area (Å²) in [6.07, 6.45) is 0. The number of methoxy groups -OCH3 is 1. The highest BCUT2D eigenvalue weighted by molar-refractivity contribution is 7.89. The van der Waals surface area contributed by atoms with Crippen molar-refractivity contribution in [2.75, 3.05) is 20.2 Å². The highest BCUT2D eigenvalue weighted by Gasteiger charge is 2.23. The predicted octanol–water partition coefficient (Wildman–Crippen LogP) is 4.29. The van der Waals surface area contributed by atoms with Crippen LogP contribution in [0.5, 0.6) is 5.75 Å². The Morgan fingerprint density at radius 1 is 1.13 bits per heavy atom. The first-order valence-electron chi connectivity index (χ1n) is 9.25. The second kappa shape index (κ2) is 8.59. The molecule has 0 amide bonds. The Morgan fingerprint density at radius 2 is 1.83 bits per heavy atom. The van der Waals surface area contributed by atoms with Crippen molar-refractivity contribution in [3.63, 3.8) is 0 Å². The molecule has 0 unspecified atom stereocenters. The number of carboxylic acids is 1. The monoisotopic (exact) mass is 448 g/mol. The van der Waals surface area contributed by atoms with E-state index in [1.54, 1.807) is 32.0 Å². The molecular weight excluding hydrogens is 428 g/mol. The number of hydrogen-bond acceptors (Lipinski definition) is 5. The Hall–Kier alpha value is -2.68. The van der Waals surface area contributed by atoms with Crippen LogP contribution in [0.2, 0.25) is 5.02 Å². The van der Waals surface area contributed by atoms with Crippen molar-refractivity contribution in [3.8, 4) is 17.0 Å². The molecule has 30 heavy (non-hydrogen) atoms. The number of ether oxygens (including phenoxy) is 1. The maximum absolute atomic E-state index is 12.8. The SMILES string of the molecule is CCN(CC)S(=O)(=O)c1ccc2nc(-c3ccc(OC)c(Cl)c3)cc(C(=O)O)c2c1. The summed E-state index contributed by atoms with van der Waals surface area (Å²) in [5.74, 6) is -0.688. The largest absolute Gasteiger partial charge is 0.495 e. The first kappa shape index (κ1) is 22.0. The highest BCUT2D eigenvalue weighted by Crippen LogP contribution is 2.32. The molecule has 1 heterocycles. The van der Waals surface area contributed by atoms with E-state index in [9.17, 15) is 18.3 Å². The zero-order valence-electron chi connectivity index (χ0n) is 16.7. The summed E-state index contributed by atoms with van der Waals surface area (Å²) in [5, 5.41) is 10.4. The third-order valence-electron chi connectivity index (χ3n) is 4.80. The average molecular weight is 449 g/mol. The number of rotatable bonds is 7. The van der Waals surface area contributed by atoms with Crippen molar-refractivity contribution >= 4 is 38.5 Å². The van der Waals surface area contributed by atoms with Gasteiger partial charge in [0.05, 0.1) is 33.8 Å². The fourth-order valence-electron chi connectivity index (χ4n) is 3.23. The van der Waals surface area contributed by atoms with Crippen LogP contribution in [0.15, 0.2) is 47.4 Å². The molecule has 0 radical (unpaired) electrons. The summed E-state index contributed by atoms with van der Waals surface area (Å²) in [6.45, 7) is 4.13. The number of benzene rings is 2. The van der Waals surface area contributed by atoms with Gasteiger partial charge in [0.1, 0.15) is 5.75 Å². The van der Waals surface area contributed by atoms with Gasteiger partial charge in [0.25, 0.3) is 0 Å². The quantitative estimate of drug-likeness (QED) is 0.579. The summed E-state index contributed by atoms with van der Waals surface area (Å²) in [6, 6.07) is 10.8. The first-order chi connectivity index (χ1) is 14.2. The summed E-state index contributed by atoms with van der Waals surface area (Å²) in [5.41, 5.74) is 1.35. The van der Waals surface area contributed by atoms with Gasteiger partial charge in [0.15, 0.2) is 0 Å². The molecule has 158 valence electrons. The molecule has 7 nitrogen and oxygen atoms in total. The van der Waals surface area contributed by atoms with Crippen LogP contribution in [0, 0.1) is 0 Å². The molecule has 3 rings (SSSR count). The Bertz CT molecular complexity index is 1220. The Labute approximate surface area is 179 Å². The number of sulfonamides is 1. The third-order valence-corrected chi connectivity index (χ3v) is 7.14. The van der Waals surface area contributed by atoms with Crippen LogP contribution in [-0.2, 0) is 10.0 Å². The molecule has 0 saturated heterocycles.